The SMILES string of the molecule is COc1c(-c2nnn[nH]2)ccc2cccc(NC(=O)c3ccc(OCCc4ccccc4)cc3)c12. The van der Waals surface area contributed by atoms with E-state index in [1.54, 1.807) is 31.4 Å². The lowest BCUT2D eigenvalue weighted by atomic mass is 10.0. The van der Waals surface area contributed by atoms with E-state index in [1.807, 2.05) is 48.5 Å². The van der Waals surface area contributed by atoms with Crippen LogP contribution in [0.15, 0.2) is 84.9 Å². The number of rotatable bonds is 8. The quantitative estimate of drug-likeness (QED) is 0.338. The van der Waals surface area contributed by atoms with Crippen LogP contribution in [0.3, 0.4) is 0 Å². The number of fused-ring (bicyclic) bond motifs is 1. The first-order valence-corrected chi connectivity index (χ1v) is 11.1. The highest BCUT2D eigenvalue weighted by atomic mass is 16.5. The number of nitrogens with zero attached hydrogens (tertiary/aromatic N) is 3. The molecule has 1 heterocycles. The summed E-state index contributed by atoms with van der Waals surface area (Å²) in [5.41, 5.74) is 3.06. The fourth-order valence-corrected chi connectivity index (χ4v) is 3.95. The number of hydrogen-bond acceptors (Lipinski definition) is 6. The van der Waals surface area contributed by atoms with Crippen molar-refractivity contribution in [1.29, 1.82) is 0 Å². The van der Waals surface area contributed by atoms with Gasteiger partial charge in [0.25, 0.3) is 5.91 Å². The second-order valence-corrected chi connectivity index (χ2v) is 7.86. The van der Waals surface area contributed by atoms with E-state index in [1.165, 1.54) is 5.56 Å². The molecule has 0 radical (unpaired) electrons. The molecule has 174 valence electrons. The average Bonchev–Trinajstić information content (AvgIpc) is 3.44. The smallest absolute Gasteiger partial charge is 0.255 e. The number of amides is 1. The third kappa shape index (κ3) is 4.81. The van der Waals surface area contributed by atoms with E-state index in [0.29, 0.717) is 35.0 Å². The number of H-pyrrole nitrogens is 1. The molecule has 0 saturated carbocycles. The summed E-state index contributed by atoms with van der Waals surface area (Å²) < 4.78 is 11.5. The van der Waals surface area contributed by atoms with Crippen LogP contribution in [0.2, 0.25) is 0 Å². The molecule has 1 aromatic heterocycles. The zero-order valence-electron chi connectivity index (χ0n) is 19.1. The average molecular weight is 466 g/mol. The lowest BCUT2D eigenvalue weighted by Gasteiger charge is -2.14. The fourth-order valence-electron chi connectivity index (χ4n) is 3.95. The van der Waals surface area contributed by atoms with Crippen molar-refractivity contribution in [2.45, 2.75) is 6.42 Å². The number of tetrazole rings is 1. The molecule has 0 aliphatic rings. The molecule has 5 aromatic rings. The zero-order valence-corrected chi connectivity index (χ0v) is 19.1. The third-order valence-corrected chi connectivity index (χ3v) is 5.67. The van der Waals surface area contributed by atoms with E-state index in [-0.39, 0.29) is 5.91 Å². The number of aromatic nitrogens is 4. The molecular formula is C27H23N5O3. The lowest BCUT2D eigenvalue weighted by Crippen LogP contribution is -2.12. The Bertz CT molecular complexity index is 1440. The van der Waals surface area contributed by atoms with Gasteiger partial charge >= 0.3 is 0 Å². The highest BCUT2D eigenvalue weighted by molar-refractivity contribution is 6.11. The summed E-state index contributed by atoms with van der Waals surface area (Å²) in [6.45, 7) is 0.564. The van der Waals surface area contributed by atoms with Crippen molar-refractivity contribution < 1.29 is 14.3 Å². The summed E-state index contributed by atoms with van der Waals surface area (Å²) in [6, 6.07) is 26.8. The number of carbonyl (C=O) groups is 1. The molecule has 8 nitrogen and oxygen atoms in total. The van der Waals surface area contributed by atoms with E-state index < -0.39 is 0 Å². The van der Waals surface area contributed by atoms with Gasteiger partial charge in [0.15, 0.2) is 5.82 Å². The second kappa shape index (κ2) is 10.0. The minimum atomic E-state index is -0.234. The van der Waals surface area contributed by atoms with E-state index in [9.17, 15) is 4.79 Å². The Kier molecular flexibility index (Phi) is 6.34. The molecule has 5 rings (SSSR count). The summed E-state index contributed by atoms with van der Waals surface area (Å²) in [6.07, 6.45) is 0.818. The van der Waals surface area contributed by atoms with Crippen LogP contribution in [0.5, 0.6) is 11.5 Å². The van der Waals surface area contributed by atoms with Crippen LogP contribution >= 0.6 is 0 Å². The van der Waals surface area contributed by atoms with Crippen LogP contribution in [0, 0.1) is 0 Å². The monoisotopic (exact) mass is 465 g/mol. The molecular weight excluding hydrogens is 442 g/mol. The molecule has 0 saturated heterocycles. The van der Waals surface area contributed by atoms with Crippen molar-refractivity contribution in [3.8, 4) is 22.9 Å². The number of benzene rings is 4. The number of aromatic amines is 1. The first kappa shape index (κ1) is 22.1. The van der Waals surface area contributed by atoms with Crippen LogP contribution < -0.4 is 14.8 Å². The maximum atomic E-state index is 13.1. The van der Waals surface area contributed by atoms with Crippen molar-refractivity contribution in [2.75, 3.05) is 19.0 Å². The minimum Gasteiger partial charge on any atom is -0.495 e. The van der Waals surface area contributed by atoms with Crippen molar-refractivity contribution in [1.82, 2.24) is 20.6 Å². The number of methoxy groups -OCH3 is 1. The highest BCUT2D eigenvalue weighted by Crippen LogP contribution is 2.39. The van der Waals surface area contributed by atoms with Gasteiger partial charge in [-0.15, -0.1) is 5.10 Å². The van der Waals surface area contributed by atoms with Crippen LogP contribution in [0.1, 0.15) is 15.9 Å². The summed E-state index contributed by atoms with van der Waals surface area (Å²) in [7, 11) is 1.58. The first-order valence-electron chi connectivity index (χ1n) is 11.1. The minimum absolute atomic E-state index is 0.234. The van der Waals surface area contributed by atoms with E-state index in [2.05, 4.69) is 38.1 Å². The molecule has 0 aliphatic carbocycles. The Hall–Kier alpha value is -4.72. The Morgan fingerprint density at radius 2 is 1.77 bits per heavy atom. The van der Waals surface area contributed by atoms with E-state index >= 15 is 0 Å². The normalized spacial score (nSPS) is 10.8. The number of hydrogen-bond donors (Lipinski definition) is 2. The van der Waals surface area contributed by atoms with Crippen molar-refractivity contribution in [3.63, 3.8) is 0 Å². The fraction of sp³-hybridized carbons (Fsp3) is 0.111. The highest BCUT2D eigenvalue weighted by Gasteiger charge is 2.17. The van der Waals surface area contributed by atoms with Gasteiger partial charge in [-0.1, -0.05) is 48.5 Å². The van der Waals surface area contributed by atoms with Gasteiger partial charge in [-0.05, 0) is 57.8 Å². The summed E-state index contributed by atoms with van der Waals surface area (Å²) in [5.74, 6) is 1.53. The molecule has 0 fully saturated rings. The van der Waals surface area contributed by atoms with Gasteiger partial charge in [0, 0.05) is 17.4 Å². The Morgan fingerprint density at radius 1 is 0.943 bits per heavy atom. The van der Waals surface area contributed by atoms with Gasteiger partial charge in [-0.2, -0.15) is 0 Å². The zero-order chi connectivity index (χ0) is 24.0. The van der Waals surface area contributed by atoms with E-state index in [4.69, 9.17) is 9.47 Å². The molecule has 0 unspecified atom stereocenters. The predicted octanol–water partition coefficient (Wildman–Crippen LogP) is 4.90. The van der Waals surface area contributed by atoms with Gasteiger partial charge in [-0.3, -0.25) is 4.79 Å². The summed E-state index contributed by atoms with van der Waals surface area (Å²) in [4.78, 5) is 13.1. The topological polar surface area (TPSA) is 102 Å². The van der Waals surface area contributed by atoms with Crippen molar-refractivity contribution in [2.24, 2.45) is 0 Å². The molecule has 0 bridgehead atoms. The molecule has 0 aliphatic heterocycles. The maximum Gasteiger partial charge on any atom is 0.255 e. The van der Waals surface area contributed by atoms with E-state index in [0.717, 1.165) is 22.9 Å². The van der Waals surface area contributed by atoms with Crippen molar-refractivity contribution >= 4 is 22.4 Å². The largest absolute Gasteiger partial charge is 0.495 e. The van der Waals surface area contributed by atoms with Gasteiger partial charge in [0.05, 0.1) is 25.0 Å². The van der Waals surface area contributed by atoms with Gasteiger partial charge in [0.1, 0.15) is 11.5 Å². The number of anilines is 1. The predicted molar refractivity (Wildman–Crippen MR) is 134 cm³/mol. The third-order valence-electron chi connectivity index (χ3n) is 5.67. The molecule has 35 heavy (non-hydrogen) atoms. The van der Waals surface area contributed by atoms with Crippen LogP contribution in [0.4, 0.5) is 5.69 Å². The van der Waals surface area contributed by atoms with Gasteiger partial charge in [-0.25, -0.2) is 5.10 Å². The van der Waals surface area contributed by atoms with Gasteiger partial charge in [0.2, 0.25) is 0 Å². The van der Waals surface area contributed by atoms with Crippen LogP contribution in [0.25, 0.3) is 22.2 Å². The standard InChI is InChI=1S/C27H23N5O3/c1-34-25-22(26-29-31-32-30-26)15-12-19-8-5-9-23(24(19)25)28-27(33)20-10-13-21(14-11-20)35-17-16-18-6-3-2-4-7-18/h2-15H,16-17H2,1H3,(H,28,33)(H,29,30,31,32). The molecule has 4 aromatic carbocycles. The number of ether oxygens (including phenoxy) is 2. The lowest BCUT2D eigenvalue weighted by molar-refractivity contribution is 0.102. The maximum absolute atomic E-state index is 13.1. The molecule has 1 amide bonds. The summed E-state index contributed by atoms with van der Waals surface area (Å²) in [5, 5.41) is 18.7. The first-order chi connectivity index (χ1) is 17.2. The second-order valence-electron chi connectivity index (χ2n) is 7.86. The van der Waals surface area contributed by atoms with Crippen LogP contribution in [-0.2, 0) is 6.42 Å². The molecule has 2 N–H and O–H groups in total. The number of carbonyl (C=O) groups excluding carboxylic acids is 1. The molecule has 8 heteroatoms. The Labute approximate surface area is 201 Å². The van der Waals surface area contributed by atoms with Crippen LogP contribution in [-0.4, -0.2) is 40.2 Å². The Morgan fingerprint density at radius 3 is 2.51 bits per heavy atom. The molecule has 0 spiro atoms. The van der Waals surface area contributed by atoms with Crippen molar-refractivity contribution in [3.05, 3.63) is 96.1 Å². The van der Waals surface area contributed by atoms with Gasteiger partial charge < -0.3 is 14.8 Å². The Balaban J connectivity index is 1.33. The number of nitrogens with one attached hydrogen (secondary N) is 2. The molecule has 0 atom stereocenters. The summed E-state index contributed by atoms with van der Waals surface area (Å²) >= 11 is 0.